The normalized spacial score (nSPS) is 14.7. The largest absolute Gasteiger partial charge is 0.467 e. The van der Waals surface area contributed by atoms with Gasteiger partial charge in [-0.2, -0.15) is 5.10 Å². The third-order valence-electron chi connectivity index (χ3n) is 6.51. The summed E-state index contributed by atoms with van der Waals surface area (Å²) < 4.78 is 23.7. The van der Waals surface area contributed by atoms with Gasteiger partial charge in [0, 0.05) is 11.8 Å². The fourth-order valence-corrected chi connectivity index (χ4v) is 4.85. The lowest BCUT2D eigenvalue weighted by Gasteiger charge is -2.31. The number of urea groups is 1. The Balaban J connectivity index is 1.51. The van der Waals surface area contributed by atoms with Crippen LogP contribution in [0.25, 0.3) is 11.5 Å². The Hall–Kier alpha value is -4.59. The molecule has 0 aliphatic carbocycles. The molecule has 0 saturated heterocycles. The van der Waals surface area contributed by atoms with Crippen LogP contribution in [0.15, 0.2) is 95.7 Å². The van der Waals surface area contributed by atoms with Crippen LogP contribution in [0.4, 0.5) is 9.18 Å². The van der Waals surface area contributed by atoms with Crippen LogP contribution >= 0.6 is 0 Å². The van der Waals surface area contributed by atoms with E-state index in [4.69, 9.17) is 9.52 Å². The first-order chi connectivity index (χ1) is 17.6. The van der Waals surface area contributed by atoms with Gasteiger partial charge in [0.15, 0.2) is 0 Å². The number of para-hydroxylation sites is 1. The molecule has 8 heteroatoms. The van der Waals surface area contributed by atoms with Gasteiger partial charge >= 0.3 is 6.03 Å². The molecule has 0 radical (unpaired) electrons. The van der Waals surface area contributed by atoms with Crippen molar-refractivity contribution in [1.29, 1.82) is 0 Å². The number of furan rings is 1. The van der Waals surface area contributed by atoms with Crippen LogP contribution < -0.4 is 5.32 Å². The summed E-state index contributed by atoms with van der Waals surface area (Å²) in [4.78, 5) is 15.4. The first kappa shape index (κ1) is 21.9. The summed E-state index contributed by atoms with van der Waals surface area (Å²) in [7, 11) is 0. The number of carbonyl (C=O) groups excluding carboxylic acids is 1. The van der Waals surface area contributed by atoms with Crippen LogP contribution in [0.1, 0.15) is 34.3 Å². The zero-order chi connectivity index (χ0) is 24.6. The number of amides is 2. The van der Waals surface area contributed by atoms with Crippen molar-refractivity contribution in [2.45, 2.75) is 26.1 Å². The van der Waals surface area contributed by atoms with E-state index in [2.05, 4.69) is 9.88 Å². The van der Waals surface area contributed by atoms with Crippen LogP contribution in [0.5, 0.6) is 0 Å². The molecule has 1 atom stereocenters. The van der Waals surface area contributed by atoms with E-state index in [-0.39, 0.29) is 18.4 Å². The highest BCUT2D eigenvalue weighted by molar-refractivity contribution is 5.76. The molecule has 0 saturated carbocycles. The molecule has 36 heavy (non-hydrogen) atoms. The first-order valence-corrected chi connectivity index (χ1v) is 11.7. The lowest BCUT2D eigenvalue weighted by molar-refractivity contribution is 0.179. The summed E-state index contributed by atoms with van der Waals surface area (Å²) in [6, 6.07) is 23.0. The predicted molar refractivity (Wildman–Crippen MR) is 132 cm³/mol. The fourth-order valence-electron chi connectivity index (χ4n) is 4.85. The minimum Gasteiger partial charge on any atom is -0.467 e. The van der Waals surface area contributed by atoms with Gasteiger partial charge in [-0.05, 0) is 61.0 Å². The van der Waals surface area contributed by atoms with Crippen molar-refractivity contribution in [1.82, 2.24) is 24.6 Å². The number of halogens is 1. The Bertz CT molecular complexity index is 1520. The highest BCUT2D eigenvalue weighted by Crippen LogP contribution is 2.38. The van der Waals surface area contributed by atoms with Crippen molar-refractivity contribution in [3.05, 3.63) is 125 Å². The van der Waals surface area contributed by atoms with Crippen LogP contribution in [-0.4, -0.2) is 25.3 Å². The van der Waals surface area contributed by atoms with Crippen LogP contribution in [0.3, 0.4) is 0 Å². The first-order valence-electron chi connectivity index (χ1n) is 11.7. The summed E-state index contributed by atoms with van der Waals surface area (Å²) >= 11 is 0. The maximum Gasteiger partial charge on any atom is 0.318 e. The van der Waals surface area contributed by atoms with Gasteiger partial charge in [0.1, 0.15) is 17.4 Å². The summed E-state index contributed by atoms with van der Waals surface area (Å²) in [5.74, 6) is 1.16. The smallest absolute Gasteiger partial charge is 0.318 e. The monoisotopic (exact) mass is 481 g/mol. The number of hydrogen-bond acceptors (Lipinski definition) is 3. The van der Waals surface area contributed by atoms with E-state index in [0.29, 0.717) is 17.9 Å². The summed E-state index contributed by atoms with van der Waals surface area (Å²) in [5.41, 5.74) is 4.18. The van der Waals surface area contributed by atoms with Crippen molar-refractivity contribution in [2.75, 3.05) is 0 Å². The molecule has 0 spiro atoms. The van der Waals surface area contributed by atoms with Gasteiger partial charge in [0.25, 0.3) is 0 Å². The molecule has 2 amide bonds. The molecule has 1 aliphatic rings. The molecular formula is C28H24FN5O2. The second-order valence-corrected chi connectivity index (χ2v) is 8.76. The van der Waals surface area contributed by atoms with E-state index in [9.17, 15) is 9.18 Å². The number of hydrogen-bond donors (Lipinski definition) is 1. The third-order valence-corrected chi connectivity index (χ3v) is 6.51. The highest BCUT2D eigenvalue weighted by Gasteiger charge is 2.36. The number of fused-ring (bicyclic) bond motifs is 3. The Morgan fingerprint density at radius 1 is 1.08 bits per heavy atom. The standard InChI is InChI=1S/C28H24FN5O2/c1-19-24-18-33(28(35)30-17-23-12-7-15-36-23)26(20-8-5-9-21(29)16-20)25-13-6-14-32(25)27(24)34(31-19)22-10-3-2-4-11-22/h2-16,26H,17-18H2,1H3,(H,30,35)/t26-/m1/s1. The quantitative estimate of drug-likeness (QED) is 0.368. The lowest BCUT2D eigenvalue weighted by Crippen LogP contribution is -2.41. The maximum absolute atomic E-state index is 14.4. The minimum absolute atomic E-state index is 0.244. The summed E-state index contributed by atoms with van der Waals surface area (Å²) in [6.07, 6.45) is 3.54. The molecule has 6 rings (SSSR count). The number of nitrogens with one attached hydrogen (secondary N) is 1. The molecule has 4 heterocycles. The molecule has 1 N–H and O–H groups in total. The van der Waals surface area contributed by atoms with Gasteiger partial charge < -0.3 is 19.2 Å². The molecule has 7 nitrogen and oxygen atoms in total. The SMILES string of the molecule is Cc1nn(-c2ccccc2)c2c1CN(C(=O)NCc1ccco1)[C@H](c1cccc(F)c1)c1cccn1-2. The van der Waals surface area contributed by atoms with E-state index < -0.39 is 6.04 Å². The summed E-state index contributed by atoms with van der Waals surface area (Å²) in [5, 5.41) is 7.81. The molecule has 180 valence electrons. The van der Waals surface area contributed by atoms with Crippen LogP contribution in [0.2, 0.25) is 0 Å². The number of rotatable bonds is 4. The molecule has 5 aromatic rings. The van der Waals surface area contributed by atoms with Crippen molar-refractivity contribution < 1.29 is 13.6 Å². The molecular weight excluding hydrogens is 457 g/mol. The summed E-state index contributed by atoms with van der Waals surface area (Å²) in [6.45, 7) is 2.48. The second kappa shape index (κ2) is 8.88. The van der Waals surface area contributed by atoms with E-state index >= 15 is 0 Å². The van der Waals surface area contributed by atoms with Gasteiger partial charge in [-0.25, -0.2) is 13.9 Å². The van der Waals surface area contributed by atoms with Crippen molar-refractivity contribution in [3.63, 3.8) is 0 Å². The predicted octanol–water partition coefficient (Wildman–Crippen LogP) is 5.52. The molecule has 0 unspecified atom stereocenters. The third kappa shape index (κ3) is 3.76. The molecule has 1 aliphatic heterocycles. The van der Waals surface area contributed by atoms with Crippen molar-refractivity contribution in [3.8, 4) is 11.5 Å². The van der Waals surface area contributed by atoms with E-state index in [0.717, 1.165) is 28.5 Å². The minimum atomic E-state index is -0.525. The Labute approximate surface area is 207 Å². The van der Waals surface area contributed by atoms with Crippen LogP contribution in [0, 0.1) is 12.7 Å². The van der Waals surface area contributed by atoms with Gasteiger partial charge in [-0.15, -0.1) is 0 Å². The van der Waals surface area contributed by atoms with E-state index in [1.54, 1.807) is 23.3 Å². The topological polar surface area (TPSA) is 68.2 Å². The number of nitrogens with zero attached hydrogens (tertiary/aromatic N) is 4. The van der Waals surface area contributed by atoms with E-state index in [1.807, 2.05) is 72.4 Å². The number of benzene rings is 2. The Morgan fingerprint density at radius 3 is 2.72 bits per heavy atom. The van der Waals surface area contributed by atoms with Gasteiger partial charge in [-0.1, -0.05) is 30.3 Å². The van der Waals surface area contributed by atoms with Gasteiger partial charge in [0.2, 0.25) is 0 Å². The number of aryl methyl sites for hydroxylation is 1. The Morgan fingerprint density at radius 2 is 1.94 bits per heavy atom. The molecule has 2 aromatic carbocycles. The van der Waals surface area contributed by atoms with Crippen LogP contribution in [-0.2, 0) is 13.1 Å². The Kier molecular flexibility index (Phi) is 5.41. The van der Waals surface area contributed by atoms with Crippen molar-refractivity contribution >= 4 is 6.03 Å². The average Bonchev–Trinajstić information content (AvgIpc) is 3.63. The second-order valence-electron chi connectivity index (χ2n) is 8.76. The zero-order valence-corrected chi connectivity index (χ0v) is 19.6. The maximum atomic E-state index is 14.4. The average molecular weight is 482 g/mol. The molecule has 0 fully saturated rings. The zero-order valence-electron chi connectivity index (χ0n) is 19.6. The lowest BCUT2D eigenvalue weighted by atomic mass is 10.0. The van der Waals surface area contributed by atoms with Gasteiger partial charge in [-0.3, -0.25) is 0 Å². The molecule has 0 bridgehead atoms. The fraction of sp³-hybridized carbons (Fsp3) is 0.143. The highest BCUT2D eigenvalue weighted by atomic mass is 19.1. The number of aromatic nitrogens is 3. The molecule has 3 aromatic heterocycles. The van der Waals surface area contributed by atoms with Gasteiger partial charge in [0.05, 0.1) is 42.5 Å². The van der Waals surface area contributed by atoms with Crippen molar-refractivity contribution in [2.24, 2.45) is 0 Å². The van der Waals surface area contributed by atoms with E-state index in [1.165, 1.54) is 12.1 Å². The number of carbonyl (C=O) groups is 1.